The average molecular weight is 198 g/mol. The first-order valence-corrected chi connectivity index (χ1v) is 5.04. The monoisotopic (exact) mass is 198 g/mol. The Morgan fingerprint density at radius 2 is 1.42 bits per heavy atom. The van der Waals surface area contributed by atoms with Gasteiger partial charge in [0.25, 0.3) is 0 Å². The number of benzene rings is 1. The van der Waals surface area contributed by atoms with Gasteiger partial charge in [-0.05, 0) is 0 Å². The predicted molar refractivity (Wildman–Crippen MR) is 45.6 cm³/mol. The molecule has 1 aromatic rings. The van der Waals surface area contributed by atoms with E-state index in [1.165, 1.54) is 5.22 Å². The van der Waals surface area contributed by atoms with E-state index in [1.54, 1.807) is 0 Å². The Hall–Kier alpha value is 0.711. The van der Waals surface area contributed by atoms with Crippen molar-refractivity contribution in [3.63, 3.8) is 0 Å². The van der Waals surface area contributed by atoms with Crippen LogP contribution in [0.2, 0.25) is 0 Å². The number of hydrogen-bond acceptors (Lipinski definition) is 0. The van der Waals surface area contributed by atoms with Crippen LogP contribution in [0.15, 0.2) is 24.3 Å². The minimum atomic E-state index is -3.67. The van der Waals surface area contributed by atoms with Crippen LogP contribution in [0.1, 0.15) is 5.56 Å². The molecule has 0 aliphatic carbocycles. The summed E-state index contributed by atoms with van der Waals surface area (Å²) in [5, 5.41) is 0. The van der Waals surface area contributed by atoms with Crippen LogP contribution in [0.3, 0.4) is 0 Å². The molecule has 0 fully saturated rings. The van der Waals surface area contributed by atoms with E-state index in [0.29, 0.717) is 0 Å². The molecule has 0 unspecified atom stereocenters. The van der Waals surface area contributed by atoms with Crippen LogP contribution >= 0.6 is 0 Å². The first-order valence-electron chi connectivity index (χ1n) is 3.48. The molecule has 0 bridgehead atoms. The Labute approximate surface area is 104 Å². The van der Waals surface area contributed by atoms with Crippen LogP contribution < -0.4 is -0.342 Å². The Morgan fingerprint density at radius 1 is 1.08 bits per heavy atom. The van der Waals surface area contributed by atoms with Crippen molar-refractivity contribution in [2.24, 2.45) is 0 Å². The second-order valence-corrected chi connectivity index (χ2v) is 4.21. The van der Waals surface area contributed by atoms with E-state index in [9.17, 15) is 12.9 Å². The maximum atomic E-state index is 9.67. The maximum absolute atomic E-state index is 9.67. The number of aryl methyl sites for hydroxylation is 1. The topological polar surface area (TPSA) is 0 Å². The third-order valence-corrected chi connectivity index (χ3v) is 2.26. The third-order valence-electron chi connectivity index (χ3n) is 1.22. The fraction of sp³-hybridized carbons (Fsp3) is 0.143. The van der Waals surface area contributed by atoms with E-state index in [1.807, 2.05) is 0 Å². The van der Waals surface area contributed by atoms with Crippen molar-refractivity contribution in [2.45, 2.75) is 6.92 Å². The van der Waals surface area contributed by atoms with Crippen LogP contribution in [0, 0.1) is 6.92 Å². The maximum Gasteiger partial charge on any atom is 0.762 e. The summed E-state index contributed by atoms with van der Waals surface area (Å²) in [7, 11) is -3.67. The first-order chi connectivity index (χ1) is 5.52. The molecule has 60 valence electrons. The van der Waals surface area contributed by atoms with E-state index in [4.69, 9.17) is 0 Å². The van der Waals surface area contributed by atoms with E-state index in [0.717, 1.165) is 49.0 Å². The third kappa shape index (κ3) is 8.80. The molecule has 0 saturated carbocycles. The molecule has 0 radical (unpaired) electrons. The molecule has 0 aliphatic heterocycles. The molecule has 0 heterocycles. The van der Waals surface area contributed by atoms with Crippen molar-refractivity contribution in [1.82, 2.24) is 0 Å². The van der Waals surface area contributed by atoms with Gasteiger partial charge < -0.3 is 0 Å². The minimum Gasteiger partial charge on any atom is -0.254 e. The zero-order valence-corrected chi connectivity index (χ0v) is 10.1. The molecule has 1 aromatic carbocycles. The van der Waals surface area contributed by atoms with Crippen molar-refractivity contribution < 1.29 is 12.9 Å². The van der Waals surface area contributed by atoms with Crippen LogP contribution in [0.4, 0.5) is 12.9 Å². The Morgan fingerprint density at radius 3 is 1.67 bits per heavy atom. The molecule has 0 N–H and O–H groups in total. The van der Waals surface area contributed by atoms with Crippen LogP contribution in [0.25, 0.3) is 0 Å². The van der Waals surface area contributed by atoms with Gasteiger partial charge in [0.15, 0.2) is 0 Å². The van der Waals surface area contributed by atoms with Gasteiger partial charge in [-0.3, -0.25) is 12.9 Å². The minimum absolute atomic E-state index is 0.848. The molecule has 0 aromatic heterocycles. The van der Waals surface area contributed by atoms with Crippen LogP contribution in [0.5, 0.6) is 0 Å². The summed E-state index contributed by atoms with van der Waals surface area (Å²) >= 11 is 0.848. The van der Waals surface area contributed by atoms with Gasteiger partial charge >= 0.3 is 92.9 Å². The predicted octanol–water partition coefficient (Wildman–Crippen LogP) is 1.67. The summed E-state index contributed by atoms with van der Waals surface area (Å²) < 4.78 is 30.5. The van der Waals surface area contributed by atoms with Gasteiger partial charge in [0.1, 0.15) is 0 Å². The molecule has 0 aliphatic rings. The largest absolute Gasteiger partial charge is 0.762 e. The zero-order valence-electron chi connectivity index (χ0n) is 7.02. The average Bonchev–Trinajstić information content (AvgIpc) is 1.94. The quantitative estimate of drug-likeness (QED) is 0.556. The molecule has 0 atom stereocenters. The number of halogens is 3. The van der Waals surface area contributed by atoms with Gasteiger partial charge in [-0.2, -0.15) is 0 Å². The van der Waals surface area contributed by atoms with Crippen molar-refractivity contribution >= 4 is 56.2 Å². The van der Waals surface area contributed by atoms with Crippen molar-refractivity contribution in [3.05, 3.63) is 29.8 Å². The summed E-state index contributed by atoms with van der Waals surface area (Å²) in [4.78, 5) is 0. The van der Waals surface area contributed by atoms with Gasteiger partial charge in [0.2, 0.25) is 0 Å². The molecular weight excluding hydrogens is 191 g/mol. The summed E-state index contributed by atoms with van der Waals surface area (Å²) in [5.74, 6) is 0. The summed E-state index contributed by atoms with van der Waals surface area (Å²) in [5.41, 5.74) is 1.36. The zero-order chi connectivity index (χ0) is 9.56. The Bertz CT molecular complexity index is 189. The number of hydrogen-bond donors (Lipinski definition) is 0. The molecular formula is C7H7BF3K. The molecule has 5 heteroatoms. The van der Waals surface area contributed by atoms with Crippen LogP contribution in [-0.4, -0.2) is 56.5 Å². The Kier molecular flexibility index (Phi) is 7.57. The normalized spacial score (nSPS) is 8.50. The summed E-state index contributed by atoms with van der Waals surface area (Å²) in [6.45, 7) is 2.12. The first kappa shape index (κ1) is 12.7. The molecule has 0 amide bonds. The molecule has 0 nitrogen and oxygen atoms in total. The van der Waals surface area contributed by atoms with Crippen molar-refractivity contribution in [2.75, 3.05) is 0 Å². The molecule has 1 rings (SSSR count). The second kappa shape index (κ2) is 7.15. The molecule has 0 spiro atoms. The second-order valence-electron chi connectivity index (χ2n) is 2.40. The smallest absolute Gasteiger partial charge is 0.254 e. The van der Waals surface area contributed by atoms with Gasteiger partial charge in [0.05, 0.1) is 0 Å². The standard InChI is InChI=1S/C7H7.BF3.K/c1-7-5-3-2-4-6-7;2-1(3)4;/h3-6H,1H3;;. The fourth-order valence-corrected chi connectivity index (χ4v) is 1.16. The van der Waals surface area contributed by atoms with Gasteiger partial charge in [0, 0.05) is 0 Å². The van der Waals surface area contributed by atoms with Gasteiger partial charge in [-0.1, -0.05) is 0 Å². The van der Waals surface area contributed by atoms with Crippen LogP contribution in [-0.2, 0) is 0 Å². The van der Waals surface area contributed by atoms with E-state index < -0.39 is 7.54 Å². The SMILES string of the molecule is Cc1cc[c]([K])cc1.FB(F)F. The Balaban J connectivity index is 0.000000261. The van der Waals surface area contributed by atoms with Crippen molar-refractivity contribution in [1.29, 1.82) is 0 Å². The number of rotatable bonds is 0. The van der Waals surface area contributed by atoms with Gasteiger partial charge in [-0.25, -0.2) is 0 Å². The fourth-order valence-electron chi connectivity index (χ4n) is 0.637. The molecule has 0 saturated heterocycles. The summed E-state index contributed by atoms with van der Waals surface area (Å²) in [6, 6.07) is 8.74. The summed E-state index contributed by atoms with van der Waals surface area (Å²) in [6.07, 6.45) is 0. The van der Waals surface area contributed by atoms with Gasteiger partial charge in [-0.15, -0.1) is 0 Å². The molecule has 12 heavy (non-hydrogen) atoms. The van der Waals surface area contributed by atoms with E-state index in [-0.39, 0.29) is 0 Å². The van der Waals surface area contributed by atoms with E-state index in [2.05, 4.69) is 31.2 Å². The van der Waals surface area contributed by atoms with E-state index >= 15 is 0 Å². The van der Waals surface area contributed by atoms with Crippen molar-refractivity contribution in [3.8, 4) is 0 Å².